The smallest absolute Gasteiger partial charge is 0.161 e. The van der Waals surface area contributed by atoms with Crippen LogP contribution in [0.3, 0.4) is 0 Å². The lowest BCUT2D eigenvalue weighted by atomic mass is 10.3. The van der Waals surface area contributed by atoms with Crippen molar-refractivity contribution in [2.75, 3.05) is 19.1 Å². The topological polar surface area (TPSA) is 18.5 Å². The Bertz CT molecular complexity index is 289. The number of halogens is 1. The Hall–Kier alpha value is -0.890. The van der Waals surface area contributed by atoms with Gasteiger partial charge in [0.2, 0.25) is 0 Å². The van der Waals surface area contributed by atoms with Gasteiger partial charge in [0.05, 0.1) is 13.2 Å². The summed E-state index contributed by atoms with van der Waals surface area (Å²) < 4.78 is 11.2. The Balaban J connectivity index is 2.43. The van der Waals surface area contributed by atoms with E-state index in [9.17, 15) is 0 Å². The van der Waals surface area contributed by atoms with Crippen LogP contribution < -0.4 is 9.47 Å². The summed E-state index contributed by atoms with van der Waals surface area (Å²) in [4.78, 5) is 0. The third kappa shape index (κ3) is 4.75. The van der Waals surface area contributed by atoms with Crippen molar-refractivity contribution in [2.45, 2.75) is 26.2 Å². The van der Waals surface area contributed by atoms with Gasteiger partial charge < -0.3 is 9.47 Å². The molecule has 0 N–H and O–H groups in total. The highest BCUT2D eigenvalue weighted by molar-refractivity contribution is 6.17. The first-order valence-corrected chi connectivity index (χ1v) is 6.32. The van der Waals surface area contributed by atoms with Gasteiger partial charge in [-0.15, -0.1) is 11.6 Å². The summed E-state index contributed by atoms with van der Waals surface area (Å²) in [6.07, 6.45) is 2.96. The number of rotatable bonds is 8. The number of hydrogen-bond donors (Lipinski definition) is 0. The van der Waals surface area contributed by atoms with Crippen LogP contribution in [-0.2, 0) is 0 Å². The van der Waals surface area contributed by atoms with E-state index in [0.29, 0.717) is 12.5 Å². The van der Waals surface area contributed by atoms with Gasteiger partial charge in [0.15, 0.2) is 11.5 Å². The van der Waals surface area contributed by atoms with Gasteiger partial charge in [-0.05, 0) is 31.4 Å². The zero-order valence-electron chi connectivity index (χ0n) is 9.75. The molecule has 16 heavy (non-hydrogen) atoms. The number of hydrogen-bond acceptors (Lipinski definition) is 2. The van der Waals surface area contributed by atoms with Crippen molar-refractivity contribution < 1.29 is 9.47 Å². The van der Waals surface area contributed by atoms with Crippen LogP contribution in [0, 0.1) is 0 Å². The molecule has 2 nitrogen and oxygen atoms in total. The van der Waals surface area contributed by atoms with Crippen molar-refractivity contribution in [3.8, 4) is 11.5 Å². The fourth-order valence-corrected chi connectivity index (χ4v) is 1.47. The average molecular weight is 243 g/mol. The van der Waals surface area contributed by atoms with Crippen molar-refractivity contribution in [3.05, 3.63) is 24.3 Å². The molecule has 1 aromatic carbocycles. The lowest BCUT2D eigenvalue weighted by Crippen LogP contribution is -2.01. The molecule has 0 aliphatic heterocycles. The van der Waals surface area contributed by atoms with Crippen molar-refractivity contribution in [1.29, 1.82) is 0 Å². The minimum Gasteiger partial charge on any atom is -0.490 e. The van der Waals surface area contributed by atoms with Gasteiger partial charge in [-0.25, -0.2) is 0 Å². The van der Waals surface area contributed by atoms with Gasteiger partial charge in [-0.2, -0.15) is 0 Å². The van der Waals surface area contributed by atoms with Gasteiger partial charge in [0.1, 0.15) is 0 Å². The normalized spacial score (nSPS) is 10.1. The SMILES string of the molecule is CCCOc1ccccc1OCCCCCl. The van der Waals surface area contributed by atoms with E-state index in [4.69, 9.17) is 21.1 Å². The second kappa shape index (κ2) is 8.28. The summed E-state index contributed by atoms with van der Waals surface area (Å²) in [5.74, 6) is 2.35. The van der Waals surface area contributed by atoms with E-state index in [1.54, 1.807) is 0 Å². The Kier molecular flexibility index (Phi) is 6.82. The molecule has 0 saturated heterocycles. The van der Waals surface area contributed by atoms with Crippen LogP contribution in [0.5, 0.6) is 11.5 Å². The summed E-state index contributed by atoms with van der Waals surface area (Å²) >= 11 is 5.60. The molecular weight excluding hydrogens is 224 g/mol. The molecule has 3 heteroatoms. The molecule has 0 fully saturated rings. The molecule has 0 heterocycles. The van der Waals surface area contributed by atoms with Crippen molar-refractivity contribution in [3.63, 3.8) is 0 Å². The average Bonchev–Trinajstić information content (AvgIpc) is 2.33. The van der Waals surface area contributed by atoms with E-state index in [-0.39, 0.29) is 0 Å². The molecule has 0 radical (unpaired) electrons. The van der Waals surface area contributed by atoms with E-state index in [2.05, 4.69) is 6.92 Å². The van der Waals surface area contributed by atoms with Crippen molar-refractivity contribution in [1.82, 2.24) is 0 Å². The molecule has 90 valence electrons. The van der Waals surface area contributed by atoms with Crippen LogP contribution in [0.1, 0.15) is 26.2 Å². The third-order valence-electron chi connectivity index (χ3n) is 2.10. The van der Waals surface area contributed by atoms with Crippen LogP contribution in [-0.4, -0.2) is 19.1 Å². The van der Waals surface area contributed by atoms with Crippen molar-refractivity contribution in [2.24, 2.45) is 0 Å². The maximum atomic E-state index is 5.65. The lowest BCUT2D eigenvalue weighted by Gasteiger charge is -2.11. The summed E-state index contributed by atoms with van der Waals surface area (Å²) in [6.45, 7) is 3.51. The second-order valence-corrected chi connectivity index (χ2v) is 3.92. The summed E-state index contributed by atoms with van der Waals surface area (Å²) in [5.41, 5.74) is 0. The predicted octanol–water partition coefficient (Wildman–Crippen LogP) is 3.87. The lowest BCUT2D eigenvalue weighted by molar-refractivity contribution is 0.265. The highest BCUT2D eigenvalue weighted by Gasteiger charge is 2.02. The fraction of sp³-hybridized carbons (Fsp3) is 0.538. The van der Waals surface area contributed by atoms with E-state index >= 15 is 0 Å². The van der Waals surface area contributed by atoms with Gasteiger partial charge >= 0.3 is 0 Å². The Morgan fingerprint density at radius 2 is 1.62 bits per heavy atom. The van der Waals surface area contributed by atoms with Crippen LogP contribution >= 0.6 is 11.6 Å². The minimum absolute atomic E-state index is 0.692. The first kappa shape index (κ1) is 13.2. The molecule has 1 aromatic rings. The molecule has 0 aliphatic carbocycles. The quantitative estimate of drug-likeness (QED) is 0.509. The Morgan fingerprint density at radius 1 is 1.00 bits per heavy atom. The highest BCUT2D eigenvalue weighted by atomic mass is 35.5. The Labute approximate surface area is 103 Å². The van der Waals surface area contributed by atoms with E-state index in [1.807, 2.05) is 24.3 Å². The predicted molar refractivity (Wildman–Crippen MR) is 67.7 cm³/mol. The van der Waals surface area contributed by atoms with Gasteiger partial charge in [0, 0.05) is 5.88 Å². The molecule has 0 amide bonds. The maximum absolute atomic E-state index is 5.65. The zero-order chi connectivity index (χ0) is 11.6. The first-order valence-electron chi connectivity index (χ1n) is 5.79. The molecule has 0 bridgehead atoms. The summed E-state index contributed by atoms with van der Waals surface area (Å²) in [6, 6.07) is 7.78. The first-order chi connectivity index (χ1) is 7.88. The van der Waals surface area contributed by atoms with Gasteiger partial charge in [-0.1, -0.05) is 19.1 Å². The van der Waals surface area contributed by atoms with Crippen LogP contribution in [0.15, 0.2) is 24.3 Å². The van der Waals surface area contributed by atoms with E-state index in [0.717, 1.165) is 37.4 Å². The molecule has 0 aliphatic rings. The molecule has 0 spiro atoms. The zero-order valence-corrected chi connectivity index (χ0v) is 10.5. The number of para-hydroxylation sites is 2. The number of alkyl halides is 1. The largest absolute Gasteiger partial charge is 0.490 e. The molecule has 0 unspecified atom stereocenters. The standard InChI is InChI=1S/C13H19ClO2/c1-2-10-15-12-7-3-4-8-13(12)16-11-6-5-9-14/h3-4,7-8H,2,5-6,9-11H2,1H3. The minimum atomic E-state index is 0.692. The summed E-state index contributed by atoms with van der Waals surface area (Å²) in [5, 5.41) is 0. The fourth-order valence-electron chi connectivity index (χ4n) is 1.28. The van der Waals surface area contributed by atoms with E-state index < -0.39 is 0 Å². The molecule has 0 aromatic heterocycles. The van der Waals surface area contributed by atoms with Crippen molar-refractivity contribution >= 4 is 11.6 Å². The molecule has 1 rings (SSSR count). The summed E-state index contributed by atoms with van der Waals surface area (Å²) in [7, 11) is 0. The molecular formula is C13H19ClO2. The van der Waals surface area contributed by atoms with Gasteiger partial charge in [-0.3, -0.25) is 0 Å². The van der Waals surface area contributed by atoms with Gasteiger partial charge in [0.25, 0.3) is 0 Å². The second-order valence-electron chi connectivity index (χ2n) is 3.54. The Morgan fingerprint density at radius 3 is 2.19 bits per heavy atom. The number of unbranched alkanes of at least 4 members (excludes halogenated alkanes) is 1. The third-order valence-corrected chi connectivity index (χ3v) is 2.36. The molecule has 0 atom stereocenters. The molecule has 0 saturated carbocycles. The maximum Gasteiger partial charge on any atom is 0.161 e. The number of benzene rings is 1. The monoisotopic (exact) mass is 242 g/mol. The van der Waals surface area contributed by atoms with Crippen LogP contribution in [0.25, 0.3) is 0 Å². The van der Waals surface area contributed by atoms with E-state index in [1.165, 1.54) is 0 Å². The van der Waals surface area contributed by atoms with Crippen LogP contribution in [0.4, 0.5) is 0 Å². The van der Waals surface area contributed by atoms with Crippen LogP contribution in [0.2, 0.25) is 0 Å². The number of ether oxygens (including phenoxy) is 2. The highest BCUT2D eigenvalue weighted by Crippen LogP contribution is 2.26.